The van der Waals surface area contributed by atoms with Crippen LogP contribution in [0.25, 0.3) is 0 Å². The minimum Gasteiger partial charge on any atom is -0.453 e. The molecule has 0 aliphatic carbocycles. The number of hydrogen-bond acceptors (Lipinski definition) is 2. The zero-order valence-electron chi connectivity index (χ0n) is 11.3. The van der Waals surface area contributed by atoms with Gasteiger partial charge in [-0.25, -0.2) is 4.39 Å². The molecule has 4 heteroatoms. The van der Waals surface area contributed by atoms with Gasteiger partial charge in [-0.15, -0.1) is 0 Å². The maximum absolute atomic E-state index is 13.5. The zero-order valence-corrected chi connectivity index (χ0v) is 12.9. The van der Waals surface area contributed by atoms with Gasteiger partial charge < -0.3 is 10.5 Å². The highest BCUT2D eigenvalue weighted by molar-refractivity contribution is 9.10. The van der Waals surface area contributed by atoms with Crippen molar-refractivity contribution < 1.29 is 9.13 Å². The highest BCUT2D eigenvalue weighted by atomic mass is 79.9. The molecule has 1 unspecified atom stereocenters. The number of hydrogen-bond donors (Lipinski definition) is 1. The third-order valence-electron chi connectivity index (χ3n) is 3.08. The topological polar surface area (TPSA) is 35.2 Å². The van der Waals surface area contributed by atoms with E-state index in [1.54, 1.807) is 18.2 Å². The van der Waals surface area contributed by atoms with Gasteiger partial charge in [0.15, 0.2) is 11.6 Å². The second kappa shape index (κ2) is 6.86. The first-order valence-corrected chi connectivity index (χ1v) is 7.36. The van der Waals surface area contributed by atoms with E-state index in [-0.39, 0.29) is 17.6 Å². The van der Waals surface area contributed by atoms with Crippen LogP contribution in [-0.4, -0.2) is 6.04 Å². The van der Waals surface area contributed by atoms with Crippen LogP contribution in [0.2, 0.25) is 0 Å². The van der Waals surface area contributed by atoms with E-state index < -0.39 is 0 Å². The molecular weight excluding hydrogens is 321 g/mol. The van der Waals surface area contributed by atoms with E-state index in [4.69, 9.17) is 10.5 Å². The third-order valence-corrected chi connectivity index (χ3v) is 3.69. The van der Waals surface area contributed by atoms with E-state index in [0.29, 0.717) is 5.75 Å². The molecule has 0 saturated carbocycles. The van der Waals surface area contributed by atoms with Crippen molar-refractivity contribution in [2.24, 2.45) is 5.73 Å². The number of nitrogens with two attached hydrogens (primary N) is 1. The van der Waals surface area contributed by atoms with E-state index in [9.17, 15) is 4.39 Å². The van der Waals surface area contributed by atoms with Crippen LogP contribution in [0.5, 0.6) is 11.5 Å². The molecule has 2 aromatic rings. The van der Waals surface area contributed by atoms with Gasteiger partial charge in [-0.05, 0) is 58.6 Å². The molecule has 0 bridgehead atoms. The normalized spacial score (nSPS) is 12.2. The Bertz CT molecular complexity index is 588. The molecule has 2 nitrogen and oxygen atoms in total. The molecule has 106 valence electrons. The Hall–Kier alpha value is -1.39. The van der Waals surface area contributed by atoms with Crippen molar-refractivity contribution in [2.45, 2.75) is 25.8 Å². The Balaban J connectivity index is 2.16. The average Bonchev–Trinajstić information content (AvgIpc) is 2.44. The largest absolute Gasteiger partial charge is 0.453 e. The van der Waals surface area contributed by atoms with Crippen LogP contribution < -0.4 is 10.5 Å². The highest BCUT2D eigenvalue weighted by Gasteiger charge is 2.09. The van der Waals surface area contributed by atoms with Gasteiger partial charge in [-0.1, -0.05) is 25.1 Å². The molecule has 0 amide bonds. The Morgan fingerprint density at radius 1 is 1.20 bits per heavy atom. The minimum absolute atomic E-state index is 0.153. The van der Waals surface area contributed by atoms with Crippen molar-refractivity contribution in [3.05, 3.63) is 58.3 Å². The van der Waals surface area contributed by atoms with Gasteiger partial charge >= 0.3 is 0 Å². The van der Waals surface area contributed by atoms with Gasteiger partial charge in [0, 0.05) is 6.04 Å². The molecule has 0 saturated heterocycles. The van der Waals surface area contributed by atoms with Crippen molar-refractivity contribution in [3.8, 4) is 11.5 Å². The number of rotatable bonds is 5. The first kappa shape index (κ1) is 15.0. The molecule has 1 atom stereocenters. The lowest BCUT2D eigenvalue weighted by atomic mass is 10.0. The van der Waals surface area contributed by atoms with E-state index >= 15 is 0 Å². The van der Waals surface area contributed by atoms with E-state index in [0.717, 1.165) is 22.9 Å². The monoisotopic (exact) mass is 337 g/mol. The van der Waals surface area contributed by atoms with Gasteiger partial charge in [0.1, 0.15) is 5.75 Å². The molecule has 2 rings (SSSR count). The fourth-order valence-corrected chi connectivity index (χ4v) is 2.35. The van der Waals surface area contributed by atoms with Crippen molar-refractivity contribution in [1.82, 2.24) is 0 Å². The fraction of sp³-hybridized carbons (Fsp3) is 0.250. The maximum Gasteiger partial charge on any atom is 0.165 e. The van der Waals surface area contributed by atoms with Crippen molar-refractivity contribution in [3.63, 3.8) is 0 Å². The summed E-state index contributed by atoms with van der Waals surface area (Å²) < 4.78 is 19.9. The molecule has 20 heavy (non-hydrogen) atoms. The highest BCUT2D eigenvalue weighted by Crippen LogP contribution is 2.31. The fourth-order valence-electron chi connectivity index (χ4n) is 1.85. The van der Waals surface area contributed by atoms with Gasteiger partial charge in [0.25, 0.3) is 0 Å². The second-order valence-electron chi connectivity index (χ2n) is 4.67. The Kier molecular flexibility index (Phi) is 5.15. The van der Waals surface area contributed by atoms with Gasteiger partial charge in [0.2, 0.25) is 0 Å². The Morgan fingerprint density at radius 3 is 2.60 bits per heavy atom. The van der Waals surface area contributed by atoms with Crippen LogP contribution in [0.15, 0.2) is 46.9 Å². The lowest BCUT2D eigenvalue weighted by Crippen LogP contribution is -2.21. The van der Waals surface area contributed by atoms with Crippen molar-refractivity contribution in [2.75, 3.05) is 0 Å². The van der Waals surface area contributed by atoms with Gasteiger partial charge in [-0.3, -0.25) is 0 Å². The van der Waals surface area contributed by atoms with Crippen molar-refractivity contribution >= 4 is 15.9 Å². The molecule has 0 radical (unpaired) electrons. The average molecular weight is 338 g/mol. The predicted molar refractivity (Wildman–Crippen MR) is 82.6 cm³/mol. The second-order valence-corrected chi connectivity index (χ2v) is 5.52. The van der Waals surface area contributed by atoms with E-state index in [2.05, 4.69) is 22.9 Å². The maximum atomic E-state index is 13.5. The lowest BCUT2D eigenvalue weighted by Gasteiger charge is -2.12. The first-order chi connectivity index (χ1) is 9.60. The molecule has 0 aliphatic rings. The standard InChI is InChI=1S/C16H17BrFNO/c1-2-12(19)9-11-7-8-15(13(17)10-11)20-16-6-4-3-5-14(16)18/h3-8,10,12H,2,9,19H2,1H3. The van der Waals surface area contributed by atoms with Crippen LogP contribution in [0.3, 0.4) is 0 Å². The van der Waals surface area contributed by atoms with Gasteiger partial charge in [-0.2, -0.15) is 0 Å². The number of halogens is 2. The summed E-state index contributed by atoms with van der Waals surface area (Å²) in [7, 11) is 0. The third kappa shape index (κ3) is 3.81. The Morgan fingerprint density at radius 2 is 1.95 bits per heavy atom. The van der Waals surface area contributed by atoms with Crippen LogP contribution in [0, 0.1) is 5.82 Å². The lowest BCUT2D eigenvalue weighted by molar-refractivity contribution is 0.440. The quantitative estimate of drug-likeness (QED) is 0.861. The summed E-state index contributed by atoms with van der Waals surface area (Å²) in [5.41, 5.74) is 7.07. The minimum atomic E-state index is -0.378. The van der Waals surface area contributed by atoms with Crippen molar-refractivity contribution in [1.29, 1.82) is 0 Å². The van der Waals surface area contributed by atoms with Crippen LogP contribution in [-0.2, 0) is 6.42 Å². The molecule has 0 aliphatic heterocycles. The zero-order chi connectivity index (χ0) is 14.5. The summed E-state index contributed by atoms with van der Waals surface area (Å²) in [5.74, 6) is 0.423. The summed E-state index contributed by atoms with van der Waals surface area (Å²) >= 11 is 3.45. The molecule has 0 aromatic heterocycles. The van der Waals surface area contributed by atoms with Crippen LogP contribution in [0.4, 0.5) is 4.39 Å². The molecule has 2 N–H and O–H groups in total. The molecule has 0 spiro atoms. The molecule has 0 heterocycles. The molecule has 2 aromatic carbocycles. The number of benzene rings is 2. The molecular formula is C16H17BrFNO. The number of ether oxygens (including phenoxy) is 1. The van der Waals surface area contributed by atoms with Crippen LogP contribution in [0.1, 0.15) is 18.9 Å². The molecule has 0 fully saturated rings. The summed E-state index contributed by atoms with van der Waals surface area (Å²) in [6, 6.07) is 12.2. The van der Waals surface area contributed by atoms with Gasteiger partial charge in [0.05, 0.1) is 4.47 Å². The van der Waals surface area contributed by atoms with E-state index in [1.807, 2.05) is 18.2 Å². The summed E-state index contributed by atoms with van der Waals surface area (Å²) in [5, 5.41) is 0. The first-order valence-electron chi connectivity index (χ1n) is 6.56. The summed E-state index contributed by atoms with van der Waals surface area (Å²) in [4.78, 5) is 0. The Labute approximate surface area is 126 Å². The van der Waals surface area contributed by atoms with Crippen LogP contribution >= 0.6 is 15.9 Å². The predicted octanol–water partition coefficient (Wildman–Crippen LogP) is 4.66. The van der Waals surface area contributed by atoms with E-state index in [1.165, 1.54) is 6.07 Å². The summed E-state index contributed by atoms with van der Waals surface area (Å²) in [6.45, 7) is 2.06. The SMILES string of the molecule is CCC(N)Cc1ccc(Oc2ccccc2F)c(Br)c1. The summed E-state index contributed by atoms with van der Waals surface area (Å²) in [6.07, 6.45) is 1.75. The smallest absolute Gasteiger partial charge is 0.165 e. The number of para-hydroxylation sites is 1.